The number of nitrogens with one attached hydrogen (secondary N) is 2. The van der Waals surface area contributed by atoms with Crippen LogP contribution >= 0.6 is 0 Å². The van der Waals surface area contributed by atoms with E-state index in [1.165, 1.54) is 13.2 Å². The van der Waals surface area contributed by atoms with Crippen LogP contribution in [0, 0.1) is 5.92 Å². The molecule has 2 aliphatic rings. The quantitative estimate of drug-likeness (QED) is 0.539. The first-order valence-corrected chi connectivity index (χ1v) is 13.2. The molecule has 9 heteroatoms. The fraction of sp³-hybridized carbons (Fsp3) is 0.400. The van der Waals surface area contributed by atoms with E-state index in [1.807, 2.05) is 6.08 Å². The van der Waals surface area contributed by atoms with Crippen LogP contribution in [0.25, 0.3) is 17.2 Å². The van der Waals surface area contributed by atoms with Crippen LogP contribution in [-0.2, 0) is 26.0 Å². The average molecular weight is 484 g/mol. The maximum Gasteiger partial charge on any atom is 0.338 e. The second-order valence-electron chi connectivity index (χ2n) is 8.65. The maximum absolute atomic E-state index is 12.7. The van der Waals surface area contributed by atoms with Crippen LogP contribution < -0.4 is 10.0 Å². The van der Waals surface area contributed by atoms with Gasteiger partial charge in [0.15, 0.2) is 0 Å². The Hall–Kier alpha value is -3.20. The summed E-state index contributed by atoms with van der Waals surface area (Å²) in [6, 6.07) is 6.60. The summed E-state index contributed by atoms with van der Waals surface area (Å²) in [4.78, 5) is 29.9. The van der Waals surface area contributed by atoms with Crippen molar-refractivity contribution >= 4 is 39.5 Å². The second kappa shape index (κ2) is 9.97. The van der Waals surface area contributed by atoms with E-state index in [9.17, 15) is 18.0 Å². The van der Waals surface area contributed by atoms with Gasteiger partial charge >= 0.3 is 5.97 Å². The Labute approximate surface area is 199 Å². The van der Waals surface area contributed by atoms with Crippen LogP contribution in [0.4, 0.5) is 11.5 Å². The summed E-state index contributed by atoms with van der Waals surface area (Å²) in [5, 5.41) is 2.92. The van der Waals surface area contributed by atoms with Crippen molar-refractivity contribution in [3.05, 3.63) is 47.2 Å². The standard InChI is InChI=1S/C25H29N3O5S/c1-3-13-34(31,32)28-17-11-12-18(21(14-17)25(30)33-2)20-15-23(27-24(29)16-9-10-16)26-22-8-6-4-5-7-19(20)22/h5,7,11-12,14-16,28H,3-4,6,8-10,13H2,1-2H3,(H,26,27,29). The van der Waals surface area contributed by atoms with Crippen molar-refractivity contribution in [2.24, 2.45) is 5.92 Å². The Morgan fingerprint density at radius 1 is 1.18 bits per heavy atom. The number of aromatic nitrogens is 1. The molecule has 1 aromatic heterocycles. The lowest BCUT2D eigenvalue weighted by Crippen LogP contribution is -2.17. The summed E-state index contributed by atoms with van der Waals surface area (Å²) < 4.78 is 32.1. The van der Waals surface area contributed by atoms with Gasteiger partial charge in [-0.15, -0.1) is 0 Å². The lowest BCUT2D eigenvalue weighted by molar-refractivity contribution is -0.117. The van der Waals surface area contributed by atoms with E-state index in [-0.39, 0.29) is 28.8 Å². The molecule has 1 aromatic carbocycles. The first-order valence-electron chi connectivity index (χ1n) is 11.6. The molecule has 2 aliphatic carbocycles. The van der Waals surface area contributed by atoms with Gasteiger partial charge in [0.2, 0.25) is 15.9 Å². The molecule has 1 saturated carbocycles. The zero-order valence-electron chi connectivity index (χ0n) is 19.4. The topological polar surface area (TPSA) is 114 Å². The Morgan fingerprint density at radius 3 is 2.68 bits per heavy atom. The molecule has 4 rings (SSSR count). The summed E-state index contributed by atoms with van der Waals surface area (Å²) >= 11 is 0. The van der Waals surface area contributed by atoms with Gasteiger partial charge in [-0.05, 0) is 67.9 Å². The van der Waals surface area contributed by atoms with E-state index in [1.54, 1.807) is 25.1 Å². The molecule has 1 heterocycles. The third-order valence-electron chi connectivity index (χ3n) is 5.87. The van der Waals surface area contributed by atoms with Gasteiger partial charge in [-0.1, -0.05) is 25.1 Å². The molecule has 0 aliphatic heterocycles. The molecular formula is C25H29N3O5S. The Kier molecular flexibility index (Phi) is 7.02. The molecule has 0 spiro atoms. The predicted octanol–water partition coefficient (Wildman–Crippen LogP) is 4.38. The molecule has 2 aromatic rings. The number of hydrogen-bond donors (Lipinski definition) is 2. The highest BCUT2D eigenvalue weighted by atomic mass is 32.2. The molecule has 0 radical (unpaired) electrons. The van der Waals surface area contributed by atoms with Gasteiger partial charge in [0.25, 0.3) is 0 Å². The number of anilines is 2. The van der Waals surface area contributed by atoms with Crippen LogP contribution in [0.1, 0.15) is 60.6 Å². The highest BCUT2D eigenvalue weighted by Gasteiger charge is 2.30. The third-order valence-corrected chi connectivity index (χ3v) is 7.36. The van der Waals surface area contributed by atoms with Crippen molar-refractivity contribution in [1.29, 1.82) is 0 Å². The molecule has 8 nitrogen and oxygen atoms in total. The molecule has 1 amide bonds. The second-order valence-corrected chi connectivity index (χ2v) is 10.5. The summed E-state index contributed by atoms with van der Waals surface area (Å²) in [7, 11) is -2.24. The number of ether oxygens (including phenoxy) is 1. The minimum Gasteiger partial charge on any atom is -0.465 e. The zero-order chi connectivity index (χ0) is 24.3. The summed E-state index contributed by atoms with van der Waals surface area (Å²) in [6.45, 7) is 1.78. The average Bonchev–Trinajstić information content (AvgIpc) is 3.65. The summed E-state index contributed by atoms with van der Waals surface area (Å²) in [6.07, 6.45) is 8.88. The van der Waals surface area contributed by atoms with Crippen molar-refractivity contribution < 1.29 is 22.7 Å². The number of hydrogen-bond acceptors (Lipinski definition) is 6. The fourth-order valence-corrected chi connectivity index (χ4v) is 5.18. The number of carbonyl (C=O) groups is 2. The number of methoxy groups -OCH3 is 1. The van der Waals surface area contributed by atoms with Crippen molar-refractivity contribution in [3.8, 4) is 11.1 Å². The van der Waals surface area contributed by atoms with Crippen LogP contribution in [0.5, 0.6) is 0 Å². The van der Waals surface area contributed by atoms with Gasteiger partial charge in [-0.3, -0.25) is 9.52 Å². The number of pyridine rings is 1. The van der Waals surface area contributed by atoms with Crippen molar-refractivity contribution in [3.63, 3.8) is 0 Å². The van der Waals surface area contributed by atoms with Crippen LogP contribution in [0.15, 0.2) is 30.3 Å². The molecular weight excluding hydrogens is 454 g/mol. The van der Waals surface area contributed by atoms with E-state index in [0.29, 0.717) is 17.8 Å². The summed E-state index contributed by atoms with van der Waals surface area (Å²) in [5.74, 6) is -0.168. The van der Waals surface area contributed by atoms with E-state index < -0.39 is 16.0 Å². The highest BCUT2D eigenvalue weighted by Crippen LogP contribution is 2.36. The number of nitrogens with zero attached hydrogens (tertiary/aromatic N) is 1. The third kappa shape index (κ3) is 5.47. The number of fused-ring (bicyclic) bond motifs is 1. The SMILES string of the molecule is CCCS(=O)(=O)Nc1ccc(-c2cc(NC(=O)C3CC3)nc3c2C=CCCC3)c(C(=O)OC)c1. The number of sulfonamides is 1. The Balaban J connectivity index is 1.82. The number of rotatable bonds is 8. The number of carbonyl (C=O) groups excluding carboxylic acids is 2. The van der Waals surface area contributed by atoms with Gasteiger partial charge in [0, 0.05) is 17.2 Å². The van der Waals surface area contributed by atoms with E-state index in [4.69, 9.17) is 9.72 Å². The minimum absolute atomic E-state index is 0.0188. The smallest absolute Gasteiger partial charge is 0.338 e. The van der Waals surface area contributed by atoms with Crippen molar-refractivity contribution in [1.82, 2.24) is 4.98 Å². The molecule has 0 unspecified atom stereocenters. The molecule has 180 valence electrons. The normalized spacial score (nSPS) is 15.2. The number of benzene rings is 1. The number of aryl methyl sites for hydroxylation is 1. The first-order chi connectivity index (χ1) is 16.3. The van der Waals surface area contributed by atoms with E-state index in [2.05, 4.69) is 16.1 Å². The molecule has 2 N–H and O–H groups in total. The van der Waals surface area contributed by atoms with Crippen molar-refractivity contribution in [2.75, 3.05) is 22.9 Å². The fourth-order valence-electron chi connectivity index (χ4n) is 4.05. The number of allylic oxidation sites excluding steroid dienone is 1. The lowest BCUT2D eigenvalue weighted by atomic mass is 9.93. The minimum atomic E-state index is -3.52. The Morgan fingerprint density at radius 2 is 1.97 bits per heavy atom. The lowest BCUT2D eigenvalue weighted by Gasteiger charge is -2.17. The van der Waals surface area contributed by atoms with Crippen LogP contribution in [-0.4, -0.2) is 38.1 Å². The maximum atomic E-state index is 12.7. The van der Waals surface area contributed by atoms with Gasteiger partial charge < -0.3 is 10.1 Å². The van der Waals surface area contributed by atoms with Crippen molar-refractivity contribution in [2.45, 2.75) is 45.4 Å². The molecule has 1 fully saturated rings. The molecule has 0 saturated heterocycles. The predicted molar refractivity (Wildman–Crippen MR) is 132 cm³/mol. The zero-order valence-corrected chi connectivity index (χ0v) is 20.2. The van der Waals surface area contributed by atoms with E-state index >= 15 is 0 Å². The van der Waals surface area contributed by atoms with Gasteiger partial charge in [0.1, 0.15) is 5.82 Å². The van der Waals surface area contributed by atoms with E-state index in [0.717, 1.165) is 48.9 Å². The largest absolute Gasteiger partial charge is 0.465 e. The molecule has 0 bridgehead atoms. The first kappa shape index (κ1) is 23.9. The van der Waals surface area contributed by atoms with Crippen LogP contribution in [0.3, 0.4) is 0 Å². The number of esters is 1. The number of amides is 1. The highest BCUT2D eigenvalue weighted by molar-refractivity contribution is 7.92. The monoisotopic (exact) mass is 483 g/mol. The van der Waals surface area contributed by atoms with Gasteiger partial charge in [0.05, 0.1) is 24.1 Å². The van der Waals surface area contributed by atoms with Gasteiger partial charge in [-0.2, -0.15) is 0 Å². The summed E-state index contributed by atoms with van der Waals surface area (Å²) in [5.41, 5.74) is 3.56. The molecule has 0 atom stereocenters. The van der Waals surface area contributed by atoms with Crippen LogP contribution in [0.2, 0.25) is 0 Å². The Bertz CT molecular complexity index is 1250. The van der Waals surface area contributed by atoms with Gasteiger partial charge in [-0.25, -0.2) is 18.2 Å². The molecule has 34 heavy (non-hydrogen) atoms.